The van der Waals surface area contributed by atoms with Gasteiger partial charge in [0.15, 0.2) is 17.2 Å². The maximum Gasteiger partial charge on any atom is 0.185 e. The molecule has 0 aliphatic carbocycles. The molecule has 4 N–H and O–H groups in total. The zero-order chi connectivity index (χ0) is 22.9. The summed E-state index contributed by atoms with van der Waals surface area (Å²) in [5, 5.41) is 7.95. The Labute approximate surface area is 188 Å². The van der Waals surface area contributed by atoms with Gasteiger partial charge in [0.2, 0.25) is 0 Å². The van der Waals surface area contributed by atoms with Crippen LogP contribution in [0, 0.1) is 12.7 Å². The molecule has 33 heavy (non-hydrogen) atoms. The Hall–Kier alpha value is -4.40. The van der Waals surface area contributed by atoms with Crippen LogP contribution in [0.1, 0.15) is 17.0 Å². The minimum absolute atomic E-state index is 0.0561. The molecule has 9 heteroatoms. The van der Waals surface area contributed by atoms with Crippen molar-refractivity contribution in [3.8, 4) is 28.6 Å². The molecule has 0 amide bonds. The highest BCUT2D eigenvalue weighted by Crippen LogP contribution is 2.39. The predicted molar refractivity (Wildman–Crippen MR) is 123 cm³/mol. The summed E-state index contributed by atoms with van der Waals surface area (Å²) >= 11 is 0. The van der Waals surface area contributed by atoms with Gasteiger partial charge in [-0.25, -0.2) is 14.4 Å². The zero-order valence-corrected chi connectivity index (χ0v) is 18.0. The normalized spacial score (nSPS) is 11.1. The fourth-order valence-electron chi connectivity index (χ4n) is 3.66. The van der Waals surface area contributed by atoms with Crippen molar-refractivity contribution in [2.24, 2.45) is 0 Å². The van der Waals surface area contributed by atoms with Crippen LogP contribution in [-0.2, 0) is 6.42 Å². The molecular weight excluding hydrogens is 423 g/mol. The van der Waals surface area contributed by atoms with Crippen molar-refractivity contribution in [1.82, 2.24) is 25.1 Å². The van der Waals surface area contributed by atoms with E-state index in [2.05, 4.69) is 25.1 Å². The molecule has 8 nitrogen and oxygen atoms in total. The molecule has 0 aliphatic rings. The molecule has 0 bridgehead atoms. The van der Waals surface area contributed by atoms with Gasteiger partial charge in [-0.15, -0.1) is 0 Å². The number of imidazole rings is 1. The van der Waals surface area contributed by atoms with Crippen LogP contribution in [0.15, 0.2) is 54.9 Å². The van der Waals surface area contributed by atoms with E-state index in [1.807, 2.05) is 31.2 Å². The van der Waals surface area contributed by atoms with Crippen molar-refractivity contribution >= 4 is 16.7 Å². The largest absolute Gasteiger partial charge is 0.497 e. The first-order valence-corrected chi connectivity index (χ1v) is 10.3. The number of fused-ring (bicyclic) bond motifs is 1. The van der Waals surface area contributed by atoms with Gasteiger partial charge in [0.25, 0.3) is 0 Å². The number of benzene rings is 2. The lowest BCUT2D eigenvalue weighted by molar-refractivity contribution is 0.414. The van der Waals surface area contributed by atoms with E-state index < -0.39 is 5.82 Å². The van der Waals surface area contributed by atoms with E-state index in [9.17, 15) is 4.39 Å². The maximum atomic E-state index is 14.7. The molecule has 0 spiro atoms. The Kier molecular flexibility index (Phi) is 5.14. The summed E-state index contributed by atoms with van der Waals surface area (Å²) < 4.78 is 26.1. The number of nitrogen functional groups attached to an aromatic ring is 1. The number of hydrogen-bond acceptors (Lipinski definition) is 6. The number of methoxy groups -OCH3 is 1. The average molecular weight is 444 g/mol. The molecular formula is C24H21FN6O2. The van der Waals surface area contributed by atoms with Gasteiger partial charge in [0.1, 0.15) is 17.3 Å². The Bertz CT molecular complexity index is 1440. The smallest absolute Gasteiger partial charge is 0.185 e. The molecule has 166 valence electrons. The van der Waals surface area contributed by atoms with Crippen molar-refractivity contribution in [2.75, 3.05) is 12.8 Å². The van der Waals surface area contributed by atoms with E-state index in [0.717, 1.165) is 28.4 Å². The molecule has 0 fully saturated rings. The SMILES string of the molecule is COc1ccc(Cc2cnc3n[nH]c(-c4cnc(C)[nH]4)c3c2Oc2ccc(N)cc2F)cc1. The van der Waals surface area contributed by atoms with E-state index in [0.29, 0.717) is 34.6 Å². The number of pyridine rings is 1. The molecule has 3 heterocycles. The number of ether oxygens (including phenoxy) is 2. The first-order chi connectivity index (χ1) is 16.0. The second-order valence-electron chi connectivity index (χ2n) is 7.61. The molecule has 5 rings (SSSR count). The van der Waals surface area contributed by atoms with Gasteiger partial charge in [-0.1, -0.05) is 12.1 Å². The second kappa shape index (κ2) is 8.27. The number of H-pyrrole nitrogens is 2. The number of aryl methyl sites for hydroxylation is 1. The van der Waals surface area contributed by atoms with Crippen molar-refractivity contribution < 1.29 is 13.9 Å². The topological polar surface area (TPSA) is 115 Å². The van der Waals surface area contributed by atoms with Gasteiger partial charge in [-0.05, 0) is 36.8 Å². The number of nitrogens with one attached hydrogen (secondary N) is 2. The van der Waals surface area contributed by atoms with Gasteiger partial charge in [-0.3, -0.25) is 5.10 Å². The summed E-state index contributed by atoms with van der Waals surface area (Å²) in [5.41, 5.74) is 9.63. The summed E-state index contributed by atoms with van der Waals surface area (Å²) in [6, 6.07) is 12.0. The van der Waals surface area contributed by atoms with Gasteiger partial charge in [0.05, 0.1) is 30.1 Å². The van der Waals surface area contributed by atoms with Crippen LogP contribution in [0.25, 0.3) is 22.4 Å². The monoisotopic (exact) mass is 444 g/mol. The maximum absolute atomic E-state index is 14.7. The lowest BCUT2D eigenvalue weighted by Gasteiger charge is -2.14. The minimum atomic E-state index is -0.558. The molecule has 0 aliphatic heterocycles. The van der Waals surface area contributed by atoms with Gasteiger partial charge < -0.3 is 20.2 Å². The Morgan fingerprint density at radius 1 is 1.06 bits per heavy atom. The van der Waals surface area contributed by atoms with Crippen LogP contribution in [0.5, 0.6) is 17.2 Å². The lowest BCUT2D eigenvalue weighted by atomic mass is 10.0. The third-order valence-corrected chi connectivity index (χ3v) is 5.30. The third kappa shape index (κ3) is 3.96. The van der Waals surface area contributed by atoms with Crippen molar-refractivity contribution in [3.63, 3.8) is 0 Å². The van der Waals surface area contributed by atoms with Crippen LogP contribution in [-0.4, -0.2) is 32.3 Å². The van der Waals surface area contributed by atoms with Crippen molar-refractivity contribution in [2.45, 2.75) is 13.3 Å². The fourth-order valence-corrected chi connectivity index (χ4v) is 3.66. The number of hydrogen-bond donors (Lipinski definition) is 3. The van der Waals surface area contributed by atoms with E-state index in [1.54, 1.807) is 25.6 Å². The first kappa shape index (κ1) is 20.5. The standard InChI is InChI=1S/C24H21FN6O2/c1-13-27-12-19(29-13)22-21-23(33-20-8-5-16(26)10-18(20)25)15(11-28-24(21)31-30-22)9-14-3-6-17(32-2)7-4-14/h3-8,10-12H,9,26H2,1-2H3,(H,27,29)(H,28,30,31). The summed E-state index contributed by atoms with van der Waals surface area (Å²) in [5.74, 6) is 1.47. The van der Waals surface area contributed by atoms with Crippen molar-refractivity contribution in [3.05, 3.63) is 77.6 Å². The highest BCUT2D eigenvalue weighted by Gasteiger charge is 2.21. The number of aromatic amines is 2. The summed E-state index contributed by atoms with van der Waals surface area (Å²) in [7, 11) is 1.62. The van der Waals surface area contributed by atoms with Crippen LogP contribution < -0.4 is 15.2 Å². The first-order valence-electron chi connectivity index (χ1n) is 10.3. The third-order valence-electron chi connectivity index (χ3n) is 5.30. The Morgan fingerprint density at radius 2 is 1.88 bits per heavy atom. The molecule has 0 saturated heterocycles. The molecule has 0 unspecified atom stereocenters. The van der Waals surface area contributed by atoms with E-state index in [-0.39, 0.29) is 5.75 Å². The molecule has 0 atom stereocenters. The van der Waals surface area contributed by atoms with E-state index in [4.69, 9.17) is 15.2 Å². The molecule has 2 aromatic carbocycles. The fraction of sp³-hybridized carbons (Fsp3) is 0.125. The van der Waals surface area contributed by atoms with Crippen molar-refractivity contribution in [1.29, 1.82) is 0 Å². The number of anilines is 1. The number of rotatable bonds is 6. The summed E-state index contributed by atoms with van der Waals surface area (Å²) in [6.07, 6.45) is 3.90. The number of halogens is 1. The molecule has 0 saturated carbocycles. The number of nitrogens with two attached hydrogens (primary N) is 1. The lowest BCUT2D eigenvalue weighted by Crippen LogP contribution is -1.99. The van der Waals surface area contributed by atoms with Crippen LogP contribution in [0.4, 0.5) is 10.1 Å². The highest BCUT2D eigenvalue weighted by atomic mass is 19.1. The Balaban J connectivity index is 1.67. The Morgan fingerprint density at radius 3 is 2.58 bits per heavy atom. The predicted octanol–water partition coefficient (Wildman–Crippen LogP) is 4.77. The summed E-state index contributed by atoms with van der Waals surface area (Å²) in [6.45, 7) is 1.86. The average Bonchev–Trinajstić information content (AvgIpc) is 3.43. The van der Waals surface area contributed by atoms with Crippen LogP contribution >= 0.6 is 0 Å². The second-order valence-corrected chi connectivity index (χ2v) is 7.61. The number of nitrogens with zero attached hydrogens (tertiary/aromatic N) is 3. The van der Waals surface area contributed by atoms with Crippen LogP contribution in [0.3, 0.4) is 0 Å². The zero-order valence-electron chi connectivity index (χ0n) is 18.0. The molecule has 0 radical (unpaired) electrons. The van der Waals surface area contributed by atoms with E-state index in [1.165, 1.54) is 12.1 Å². The van der Waals surface area contributed by atoms with Gasteiger partial charge in [-0.2, -0.15) is 5.10 Å². The van der Waals surface area contributed by atoms with Gasteiger partial charge in [0, 0.05) is 29.9 Å². The summed E-state index contributed by atoms with van der Waals surface area (Å²) in [4.78, 5) is 12.0. The molecule has 5 aromatic rings. The highest BCUT2D eigenvalue weighted by molar-refractivity contribution is 5.96. The molecule has 3 aromatic heterocycles. The van der Waals surface area contributed by atoms with Gasteiger partial charge >= 0.3 is 0 Å². The minimum Gasteiger partial charge on any atom is -0.497 e. The van der Waals surface area contributed by atoms with Crippen LogP contribution in [0.2, 0.25) is 0 Å². The van der Waals surface area contributed by atoms with E-state index >= 15 is 0 Å². The quantitative estimate of drug-likeness (QED) is 0.325. The number of aromatic nitrogens is 5.